The molecule has 1 aromatic carbocycles. The molecule has 0 spiro atoms. The zero-order valence-electron chi connectivity index (χ0n) is 10.1. The minimum atomic E-state index is -2.95. The molecule has 1 aliphatic rings. The van der Waals surface area contributed by atoms with Gasteiger partial charge in [0, 0.05) is 29.2 Å². The maximum atomic E-state index is 13.7. The van der Waals surface area contributed by atoms with Crippen molar-refractivity contribution >= 4 is 31.5 Å². The second-order valence-electron chi connectivity index (χ2n) is 4.53. The SMILES string of the molecule is CC1CS(=O)(=O)CCN1c1cccc(F)c1CBr. The van der Waals surface area contributed by atoms with Crippen LogP contribution in [0.25, 0.3) is 0 Å². The molecule has 0 bridgehead atoms. The van der Waals surface area contributed by atoms with Crippen LogP contribution in [0.3, 0.4) is 0 Å². The van der Waals surface area contributed by atoms with Crippen molar-refractivity contribution in [3.05, 3.63) is 29.6 Å². The first-order valence-corrected chi connectivity index (χ1v) is 8.69. The van der Waals surface area contributed by atoms with E-state index in [0.717, 1.165) is 5.69 Å². The van der Waals surface area contributed by atoms with Crippen LogP contribution in [0.5, 0.6) is 0 Å². The minimum absolute atomic E-state index is 0.122. The molecular weight excluding hydrogens is 321 g/mol. The van der Waals surface area contributed by atoms with E-state index in [1.165, 1.54) is 6.07 Å². The van der Waals surface area contributed by atoms with Crippen molar-refractivity contribution in [1.29, 1.82) is 0 Å². The summed E-state index contributed by atoms with van der Waals surface area (Å²) in [6, 6.07) is 4.80. The Labute approximate surface area is 115 Å². The van der Waals surface area contributed by atoms with Gasteiger partial charge in [0.05, 0.1) is 11.5 Å². The van der Waals surface area contributed by atoms with Crippen LogP contribution in [-0.2, 0) is 15.2 Å². The van der Waals surface area contributed by atoms with Gasteiger partial charge in [-0.05, 0) is 19.1 Å². The molecule has 6 heteroatoms. The van der Waals surface area contributed by atoms with Gasteiger partial charge in [-0.1, -0.05) is 22.0 Å². The van der Waals surface area contributed by atoms with Crippen LogP contribution in [0.15, 0.2) is 18.2 Å². The molecule has 1 fully saturated rings. The average molecular weight is 336 g/mol. The monoisotopic (exact) mass is 335 g/mol. The maximum absolute atomic E-state index is 13.7. The summed E-state index contributed by atoms with van der Waals surface area (Å²) in [5, 5.41) is 0.422. The third-order valence-electron chi connectivity index (χ3n) is 3.21. The van der Waals surface area contributed by atoms with Crippen LogP contribution in [0.2, 0.25) is 0 Å². The number of nitrogens with zero attached hydrogens (tertiary/aromatic N) is 1. The predicted molar refractivity (Wildman–Crippen MR) is 74.5 cm³/mol. The van der Waals surface area contributed by atoms with Crippen LogP contribution in [-0.4, -0.2) is 32.5 Å². The molecule has 1 saturated heterocycles. The zero-order valence-corrected chi connectivity index (χ0v) is 12.5. The molecule has 1 atom stereocenters. The number of hydrogen-bond acceptors (Lipinski definition) is 3. The Balaban J connectivity index is 2.36. The Morgan fingerprint density at radius 3 is 2.83 bits per heavy atom. The van der Waals surface area contributed by atoms with Crippen LogP contribution in [0.1, 0.15) is 12.5 Å². The molecule has 0 N–H and O–H groups in total. The molecule has 0 saturated carbocycles. The summed E-state index contributed by atoms with van der Waals surface area (Å²) in [4.78, 5) is 1.97. The first-order chi connectivity index (χ1) is 8.44. The average Bonchev–Trinajstić information content (AvgIpc) is 2.27. The van der Waals surface area contributed by atoms with E-state index in [0.29, 0.717) is 17.4 Å². The summed E-state index contributed by atoms with van der Waals surface area (Å²) in [6.07, 6.45) is 0. The smallest absolute Gasteiger partial charge is 0.154 e. The van der Waals surface area contributed by atoms with Crippen molar-refractivity contribution in [3.63, 3.8) is 0 Å². The number of rotatable bonds is 2. The Morgan fingerprint density at radius 2 is 2.22 bits per heavy atom. The molecule has 2 rings (SSSR count). The molecule has 1 aliphatic heterocycles. The standard InChI is InChI=1S/C12H15BrFNO2S/c1-9-8-18(16,17)6-5-15(9)12-4-2-3-11(14)10(12)7-13/h2-4,9H,5-8H2,1H3. The van der Waals surface area contributed by atoms with Crippen molar-refractivity contribution in [3.8, 4) is 0 Å². The van der Waals surface area contributed by atoms with Crippen molar-refractivity contribution < 1.29 is 12.8 Å². The molecular formula is C12H15BrFNO2S. The minimum Gasteiger partial charge on any atom is -0.366 e. The molecule has 1 heterocycles. The second kappa shape index (κ2) is 5.17. The molecule has 3 nitrogen and oxygen atoms in total. The van der Waals surface area contributed by atoms with Crippen molar-refractivity contribution in [2.45, 2.75) is 18.3 Å². The number of benzene rings is 1. The van der Waals surface area contributed by atoms with Gasteiger partial charge in [-0.3, -0.25) is 0 Å². The first-order valence-electron chi connectivity index (χ1n) is 5.75. The van der Waals surface area contributed by atoms with Gasteiger partial charge >= 0.3 is 0 Å². The molecule has 100 valence electrons. The van der Waals surface area contributed by atoms with Crippen LogP contribution >= 0.6 is 15.9 Å². The molecule has 0 amide bonds. The molecule has 0 radical (unpaired) electrons. The highest BCUT2D eigenvalue weighted by molar-refractivity contribution is 9.08. The summed E-state index contributed by atoms with van der Waals surface area (Å²) in [6.45, 7) is 2.28. The number of alkyl halides is 1. The fraction of sp³-hybridized carbons (Fsp3) is 0.500. The van der Waals surface area contributed by atoms with Crippen molar-refractivity contribution in [1.82, 2.24) is 0 Å². The fourth-order valence-electron chi connectivity index (χ4n) is 2.31. The van der Waals surface area contributed by atoms with Crippen molar-refractivity contribution in [2.75, 3.05) is 23.0 Å². The van der Waals surface area contributed by atoms with Crippen LogP contribution in [0.4, 0.5) is 10.1 Å². The lowest BCUT2D eigenvalue weighted by Gasteiger charge is -2.36. The second-order valence-corrected chi connectivity index (χ2v) is 7.32. The summed E-state index contributed by atoms with van der Waals surface area (Å²) >= 11 is 3.28. The lowest BCUT2D eigenvalue weighted by atomic mass is 10.1. The zero-order chi connectivity index (χ0) is 13.3. The Kier molecular flexibility index (Phi) is 3.96. The van der Waals surface area contributed by atoms with E-state index in [9.17, 15) is 12.8 Å². The largest absolute Gasteiger partial charge is 0.366 e. The predicted octanol–water partition coefficient (Wildman–Crippen LogP) is 2.34. The summed E-state index contributed by atoms with van der Waals surface area (Å²) in [5.74, 6) is 0.00545. The van der Waals surface area contributed by atoms with E-state index >= 15 is 0 Å². The van der Waals surface area contributed by atoms with E-state index in [1.807, 2.05) is 17.9 Å². The van der Waals surface area contributed by atoms with E-state index in [2.05, 4.69) is 15.9 Å². The van der Waals surface area contributed by atoms with Crippen LogP contribution in [0, 0.1) is 5.82 Å². The number of sulfone groups is 1. The molecule has 0 aromatic heterocycles. The highest BCUT2D eigenvalue weighted by Crippen LogP contribution is 2.29. The third kappa shape index (κ3) is 2.69. The van der Waals surface area contributed by atoms with Gasteiger partial charge < -0.3 is 4.90 Å². The Hall–Kier alpha value is -0.620. The lowest BCUT2D eigenvalue weighted by molar-refractivity contribution is 0.566. The molecule has 1 unspecified atom stereocenters. The van der Waals surface area contributed by atoms with E-state index in [4.69, 9.17) is 0 Å². The maximum Gasteiger partial charge on any atom is 0.154 e. The van der Waals surface area contributed by atoms with Crippen molar-refractivity contribution in [2.24, 2.45) is 0 Å². The van der Waals surface area contributed by atoms with Gasteiger partial charge in [0.2, 0.25) is 0 Å². The summed E-state index contributed by atoms with van der Waals surface area (Å²) < 4.78 is 36.8. The Morgan fingerprint density at radius 1 is 1.50 bits per heavy atom. The van der Waals surface area contributed by atoms with Gasteiger partial charge in [-0.15, -0.1) is 0 Å². The quantitative estimate of drug-likeness (QED) is 0.778. The Bertz CT molecular complexity index is 547. The number of halogens is 2. The van der Waals surface area contributed by atoms with E-state index in [1.54, 1.807) is 6.07 Å². The van der Waals surface area contributed by atoms with Gasteiger partial charge in [-0.25, -0.2) is 12.8 Å². The van der Waals surface area contributed by atoms with Gasteiger partial charge in [0.25, 0.3) is 0 Å². The molecule has 0 aliphatic carbocycles. The normalized spacial score (nSPS) is 23.1. The summed E-state index contributed by atoms with van der Waals surface area (Å²) in [5.41, 5.74) is 1.37. The first kappa shape index (κ1) is 13.8. The summed E-state index contributed by atoms with van der Waals surface area (Å²) in [7, 11) is -2.95. The van der Waals surface area contributed by atoms with Gasteiger partial charge in [0.15, 0.2) is 9.84 Å². The number of anilines is 1. The van der Waals surface area contributed by atoms with E-state index in [-0.39, 0.29) is 23.4 Å². The third-order valence-corrected chi connectivity index (χ3v) is 5.56. The topological polar surface area (TPSA) is 37.4 Å². The number of hydrogen-bond donors (Lipinski definition) is 0. The highest BCUT2D eigenvalue weighted by Gasteiger charge is 2.29. The van der Waals surface area contributed by atoms with E-state index < -0.39 is 9.84 Å². The fourth-order valence-corrected chi connectivity index (χ4v) is 4.42. The lowest BCUT2D eigenvalue weighted by Crippen LogP contribution is -2.47. The molecule has 1 aromatic rings. The highest BCUT2D eigenvalue weighted by atomic mass is 79.9. The van der Waals surface area contributed by atoms with Crippen LogP contribution < -0.4 is 4.90 Å². The van der Waals surface area contributed by atoms with Gasteiger partial charge in [0.1, 0.15) is 5.82 Å². The van der Waals surface area contributed by atoms with Gasteiger partial charge in [-0.2, -0.15) is 0 Å². The molecule has 18 heavy (non-hydrogen) atoms.